The van der Waals surface area contributed by atoms with Gasteiger partial charge in [-0.15, -0.1) is 0 Å². The largest absolute Gasteiger partial charge is 0.340 e. The minimum absolute atomic E-state index is 0.0163. The number of amides is 2. The van der Waals surface area contributed by atoms with Gasteiger partial charge in [0, 0.05) is 37.4 Å². The predicted molar refractivity (Wildman–Crippen MR) is 98.1 cm³/mol. The van der Waals surface area contributed by atoms with Crippen LogP contribution >= 0.6 is 0 Å². The van der Waals surface area contributed by atoms with E-state index < -0.39 is 6.04 Å². The Hall–Kier alpha value is -2.74. The Kier molecular flexibility index (Phi) is 5.32. The maximum Gasteiger partial charge on any atom is 0.252 e. The van der Waals surface area contributed by atoms with Gasteiger partial charge in [0.05, 0.1) is 6.42 Å². The van der Waals surface area contributed by atoms with E-state index in [2.05, 4.69) is 27.6 Å². The Morgan fingerprint density at radius 2 is 1.85 bits per heavy atom. The molecule has 0 unspecified atom stereocenters. The van der Waals surface area contributed by atoms with Crippen LogP contribution in [0.4, 0.5) is 5.69 Å². The standard InChI is InChI=1S/C18H23N5O3/c1-12(24)13-3-5-14(6-4-13)19-16(25)11-15-17(26)21-18(20-15)23-9-7-22(2)8-10-23/h3-6,15H,7-11H2,1-2H3,(H,19,25)(H,20,21,26)/t15-/m1/s1. The summed E-state index contributed by atoms with van der Waals surface area (Å²) in [5.74, 6) is -0.00639. The number of nitrogens with zero attached hydrogens (tertiary/aromatic N) is 3. The van der Waals surface area contributed by atoms with Crippen LogP contribution in [-0.4, -0.2) is 72.6 Å². The third-order valence-corrected chi connectivity index (χ3v) is 4.57. The van der Waals surface area contributed by atoms with Crippen LogP contribution in [0.15, 0.2) is 29.3 Å². The van der Waals surface area contributed by atoms with Crippen LogP contribution in [0.2, 0.25) is 0 Å². The molecule has 1 aromatic carbocycles. The summed E-state index contributed by atoms with van der Waals surface area (Å²) in [5, 5.41) is 5.51. The number of ketones is 1. The van der Waals surface area contributed by atoms with Gasteiger partial charge in [-0.05, 0) is 38.2 Å². The highest BCUT2D eigenvalue weighted by atomic mass is 16.2. The molecule has 138 valence electrons. The molecule has 26 heavy (non-hydrogen) atoms. The summed E-state index contributed by atoms with van der Waals surface area (Å²) in [7, 11) is 2.06. The van der Waals surface area contributed by atoms with Gasteiger partial charge < -0.3 is 15.1 Å². The van der Waals surface area contributed by atoms with Crippen LogP contribution in [-0.2, 0) is 9.59 Å². The van der Waals surface area contributed by atoms with Crippen molar-refractivity contribution >= 4 is 29.2 Å². The number of anilines is 1. The van der Waals surface area contributed by atoms with Crippen molar-refractivity contribution in [2.45, 2.75) is 19.4 Å². The number of carbonyl (C=O) groups is 3. The van der Waals surface area contributed by atoms with Crippen molar-refractivity contribution in [3.05, 3.63) is 29.8 Å². The average molecular weight is 357 g/mol. The number of likely N-dealkylation sites (N-methyl/N-ethyl adjacent to an activating group) is 1. The second-order valence-electron chi connectivity index (χ2n) is 6.63. The lowest BCUT2D eigenvalue weighted by Gasteiger charge is -2.33. The van der Waals surface area contributed by atoms with Crippen LogP contribution in [0.3, 0.4) is 0 Å². The fraction of sp³-hybridized carbons (Fsp3) is 0.444. The summed E-state index contributed by atoms with van der Waals surface area (Å²) in [6.45, 7) is 4.92. The first-order valence-corrected chi connectivity index (χ1v) is 8.65. The summed E-state index contributed by atoms with van der Waals surface area (Å²) in [5.41, 5.74) is 1.17. The maximum absolute atomic E-state index is 12.2. The van der Waals surface area contributed by atoms with E-state index in [9.17, 15) is 14.4 Å². The minimum Gasteiger partial charge on any atom is -0.340 e. The number of hydrogen-bond donors (Lipinski definition) is 2. The maximum atomic E-state index is 12.2. The van der Waals surface area contributed by atoms with E-state index in [4.69, 9.17) is 0 Å². The van der Waals surface area contributed by atoms with Gasteiger partial charge in [-0.2, -0.15) is 0 Å². The molecule has 1 saturated heterocycles. The van der Waals surface area contributed by atoms with Crippen molar-refractivity contribution in [1.29, 1.82) is 0 Å². The predicted octanol–water partition coefficient (Wildman–Crippen LogP) is 0.320. The van der Waals surface area contributed by atoms with E-state index in [-0.39, 0.29) is 24.0 Å². The first-order chi connectivity index (χ1) is 12.4. The van der Waals surface area contributed by atoms with Crippen molar-refractivity contribution in [3.8, 4) is 0 Å². The summed E-state index contributed by atoms with van der Waals surface area (Å²) in [4.78, 5) is 44.3. The van der Waals surface area contributed by atoms with Gasteiger partial charge in [0.25, 0.3) is 5.91 Å². The first-order valence-electron chi connectivity index (χ1n) is 8.65. The molecule has 8 heteroatoms. The van der Waals surface area contributed by atoms with Crippen LogP contribution in [0.1, 0.15) is 23.7 Å². The van der Waals surface area contributed by atoms with Crippen molar-refractivity contribution in [3.63, 3.8) is 0 Å². The lowest BCUT2D eigenvalue weighted by Crippen LogP contribution is -2.50. The second kappa shape index (κ2) is 7.65. The van der Waals surface area contributed by atoms with Crippen molar-refractivity contribution in [2.75, 3.05) is 38.5 Å². The highest BCUT2D eigenvalue weighted by Gasteiger charge is 2.31. The number of carbonyl (C=O) groups excluding carboxylic acids is 3. The summed E-state index contributed by atoms with van der Waals surface area (Å²) in [6, 6.07) is 5.94. The van der Waals surface area contributed by atoms with Gasteiger partial charge in [0.2, 0.25) is 11.9 Å². The van der Waals surface area contributed by atoms with Crippen molar-refractivity contribution in [1.82, 2.24) is 15.1 Å². The molecular weight excluding hydrogens is 334 g/mol. The molecule has 3 rings (SSSR count). The van der Waals surface area contributed by atoms with Gasteiger partial charge >= 0.3 is 0 Å². The Morgan fingerprint density at radius 1 is 1.19 bits per heavy atom. The second-order valence-corrected chi connectivity index (χ2v) is 6.63. The zero-order chi connectivity index (χ0) is 18.7. The van der Waals surface area contributed by atoms with Crippen molar-refractivity contribution in [2.24, 2.45) is 4.99 Å². The van der Waals surface area contributed by atoms with E-state index in [1.54, 1.807) is 24.3 Å². The lowest BCUT2D eigenvalue weighted by atomic mass is 10.1. The number of nitrogens with one attached hydrogen (secondary N) is 2. The number of benzene rings is 1. The third kappa shape index (κ3) is 4.26. The quantitative estimate of drug-likeness (QED) is 0.757. The SMILES string of the molecule is CC(=O)c1ccc(NC(=O)C[C@H]2N=C(N3CCN(C)CC3)NC2=O)cc1. The van der Waals surface area contributed by atoms with Gasteiger partial charge in [-0.3, -0.25) is 19.7 Å². The first kappa shape index (κ1) is 18.1. The van der Waals surface area contributed by atoms with Gasteiger partial charge in [0.15, 0.2) is 5.78 Å². The topological polar surface area (TPSA) is 94.1 Å². The van der Waals surface area contributed by atoms with E-state index in [0.29, 0.717) is 17.2 Å². The Morgan fingerprint density at radius 3 is 2.46 bits per heavy atom. The fourth-order valence-corrected chi connectivity index (χ4v) is 2.93. The van der Waals surface area contributed by atoms with Crippen LogP contribution in [0.5, 0.6) is 0 Å². The molecule has 1 aromatic rings. The Bertz CT molecular complexity index is 736. The molecule has 1 fully saturated rings. The minimum atomic E-state index is -0.707. The molecule has 2 amide bonds. The molecule has 2 heterocycles. The molecule has 8 nitrogen and oxygen atoms in total. The number of guanidine groups is 1. The Labute approximate surface area is 152 Å². The zero-order valence-electron chi connectivity index (χ0n) is 15.0. The molecule has 0 aromatic heterocycles. The summed E-state index contributed by atoms with van der Waals surface area (Å²) < 4.78 is 0. The molecule has 2 aliphatic heterocycles. The summed E-state index contributed by atoms with van der Waals surface area (Å²) in [6.07, 6.45) is -0.0163. The molecule has 0 aliphatic carbocycles. The molecule has 0 saturated carbocycles. The number of rotatable bonds is 4. The van der Waals surface area contributed by atoms with E-state index in [0.717, 1.165) is 26.2 Å². The number of hydrogen-bond acceptors (Lipinski definition) is 6. The number of piperazine rings is 1. The summed E-state index contributed by atoms with van der Waals surface area (Å²) >= 11 is 0. The molecule has 2 aliphatic rings. The fourth-order valence-electron chi connectivity index (χ4n) is 2.93. The molecular formula is C18H23N5O3. The average Bonchev–Trinajstić information content (AvgIpc) is 2.96. The Balaban J connectivity index is 1.56. The molecule has 1 atom stereocenters. The van der Waals surface area contributed by atoms with Crippen molar-refractivity contribution < 1.29 is 14.4 Å². The monoisotopic (exact) mass is 357 g/mol. The van der Waals surface area contributed by atoms with E-state index in [1.165, 1.54) is 6.92 Å². The number of aliphatic imine (C=N–C) groups is 1. The third-order valence-electron chi connectivity index (χ3n) is 4.57. The molecule has 0 radical (unpaired) electrons. The van der Waals surface area contributed by atoms with Gasteiger partial charge in [-0.1, -0.05) is 0 Å². The lowest BCUT2D eigenvalue weighted by molar-refractivity contribution is -0.124. The van der Waals surface area contributed by atoms with E-state index in [1.807, 2.05) is 4.90 Å². The zero-order valence-corrected chi connectivity index (χ0v) is 15.0. The smallest absolute Gasteiger partial charge is 0.252 e. The van der Waals surface area contributed by atoms with Crippen LogP contribution in [0, 0.1) is 0 Å². The highest BCUT2D eigenvalue weighted by Crippen LogP contribution is 2.13. The van der Waals surface area contributed by atoms with Crippen LogP contribution < -0.4 is 10.6 Å². The highest BCUT2D eigenvalue weighted by molar-refractivity contribution is 6.07. The number of Topliss-reactive ketones (excluding diaryl/α,β-unsaturated/α-hetero) is 1. The van der Waals surface area contributed by atoms with Crippen LogP contribution in [0.25, 0.3) is 0 Å². The molecule has 2 N–H and O–H groups in total. The van der Waals surface area contributed by atoms with Gasteiger partial charge in [0.1, 0.15) is 6.04 Å². The van der Waals surface area contributed by atoms with E-state index >= 15 is 0 Å². The normalized spacial score (nSPS) is 20.5. The molecule has 0 bridgehead atoms. The van der Waals surface area contributed by atoms with Gasteiger partial charge in [-0.25, -0.2) is 4.99 Å². The molecule has 0 spiro atoms.